The first-order chi connectivity index (χ1) is 12.2. The number of rotatable bonds is 3. The van der Waals surface area contributed by atoms with Crippen molar-refractivity contribution in [3.63, 3.8) is 0 Å². The van der Waals surface area contributed by atoms with Crippen molar-refractivity contribution >= 4 is 11.6 Å². The van der Waals surface area contributed by atoms with Crippen molar-refractivity contribution in [3.05, 3.63) is 60.4 Å². The van der Waals surface area contributed by atoms with Gasteiger partial charge in [0.2, 0.25) is 5.91 Å². The van der Waals surface area contributed by atoms with Gasteiger partial charge < -0.3 is 9.80 Å². The number of nitrogens with one attached hydrogen (secondary N) is 1. The van der Waals surface area contributed by atoms with E-state index in [0.717, 1.165) is 49.6 Å². The smallest absolute Gasteiger partial charge is 0.219 e. The van der Waals surface area contributed by atoms with Crippen LogP contribution >= 0.6 is 0 Å². The van der Waals surface area contributed by atoms with E-state index in [1.54, 1.807) is 6.92 Å². The van der Waals surface area contributed by atoms with Gasteiger partial charge in [-0.3, -0.25) is 9.20 Å². The third-order valence-corrected chi connectivity index (χ3v) is 5.01. The van der Waals surface area contributed by atoms with Crippen LogP contribution in [0.2, 0.25) is 0 Å². The molecule has 0 radical (unpaired) electrons. The third kappa shape index (κ3) is 3.15. The molecule has 1 N–H and O–H groups in total. The number of imidazole rings is 1. The lowest BCUT2D eigenvalue weighted by Crippen LogP contribution is -3.13. The van der Waals surface area contributed by atoms with Crippen molar-refractivity contribution in [2.24, 2.45) is 0 Å². The Balaban J connectivity index is 1.66. The molecule has 1 saturated heterocycles. The highest BCUT2D eigenvalue weighted by molar-refractivity contribution is 5.73. The van der Waals surface area contributed by atoms with Crippen LogP contribution in [0.5, 0.6) is 0 Å². The molecule has 25 heavy (non-hydrogen) atoms. The molecule has 1 aliphatic heterocycles. The van der Waals surface area contributed by atoms with Gasteiger partial charge in [0.05, 0.1) is 31.9 Å². The number of hydrogen-bond donors (Lipinski definition) is 1. The van der Waals surface area contributed by atoms with Crippen LogP contribution in [-0.4, -0.2) is 46.4 Å². The first-order valence-corrected chi connectivity index (χ1v) is 8.83. The van der Waals surface area contributed by atoms with Crippen LogP contribution in [0, 0.1) is 0 Å². The molecule has 3 aromatic rings. The minimum absolute atomic E-state index is 0.179. The highest BCUT2D eigenvalue weighted by Gasteiger charge is 2.24. The lowest BCUT2D eigenvalue weighted by Gasteiger charge is -2.31. The van der Waals surface area contributed by atoms with Gasteiger partial charge in [-0.25, -0.2) is 4.98 Å². The van der Waals surface area contributed by atoms with Gasteiger partial charge in [-0.2, -0.15) is 0 Å². The van der Waals surface area contributed by atoms with Crippen LogP contribution in [-0.2, 0) is 11.3 Å². The SMILES string of the molecule is CC(=O)N1CC[NH+](Cc2c(-c3ccccc3)nc3ccccn23)CC1. The maximum Gasteiger partial charge on any atom is 0.219 e. The zero-order chi connectivity index (χ0) is 17.2. The van der Waals surface area contributed by atoms with Crippen molar-refractivity contribution in [2.45, 2.75) is 13.5 Å². The number of piperazine rings is 1. The number of fused-ring (bicyclic) bond motifs is 1. The zero-order valence-corrected chi connectivity index (χ0v) is 14.5. The Morgan fingerprint density at radius 1 is 1.08 bits per heavy atom. The molecule has 5 heteroatoms. The molecule has 1 fully saturated rings. The zero-order valence-electron chi connectivity index (χ0n) is 14.5. The van der Waals surface area contributed by atoms with Gasteiger partial charge in [-0.15, -0.1) is 0 Å². The number of hydrogen-bond acceptors (Lipinski definition) is 2. The summed E-state index contributed by atoms with van der Waals surface area (Å²) >= 11 is 0. The predicted molar refractivity (Wildman–Crippen MR) is 97.3 cm³/mol. The normalized spacial score (nSPS) is 15.6. The summed E-state index contributed by atoms with van der Waals surface area (Å²) in [5.74, 6) is 0.179. The fourth-order valence-corrected chi connectivity index (χ4v) is 3.59. The molecule has 1 aliphatic rings. The Morgan fingerprint density at radius 2 is 1.80 bits per heavy atom. The Morgan fingerprint density at radius 3 is 2.52 bits per heavy atom. The number of aromatic nitrogens is 2. The summed E-state index contributed by atoms with van der Waals surface area (Å²) in [4.78, 5) is 19.9. The highest BCUT2D eigenvalue weighted by atomic mass is 16.2. The van der Waals surface area contributed by atoms with Gasteiger partial charge in [0.15, 0.2) is 0 Å². The molecule has 0 atom stereocenters. The Hall–Kier alpha value is -2.66. The summed E-state index contributed by atoms with van der Waals surface area (Å²) in [6.07, 6.45) is 2.09. The van der Waals surface area contributed by atoms with Crippen LogP contribution in [0.25, 0.3) is 16.9 Å². The Bertz CT molecular complexity index is 879. The molecule has 5 nitrogen and oxygen atoms in total. The molecule has 128 valence electrons. The van der Waals surface area contributed by atoms with Gasteiger partial charge in [0.25, 0.3) is 0 Å². The predicted octanol–water partition coefficient (Wildman–Crippen LogP) is 1.25. The van der Waals surface area contributed by atoms with E-state index in [1.807, 2.05) is 17.0 Å². The third-order valence-electron chi connectivity index (χ3n) is 5.01. The minimum Gasteiger partial charge on any atom is -0.332 e. The van der Waals surface area contributed by atoms with Crippen LogP contribution in [0.1, 0.15) is 12.6 Å². The van der Waals surface area contributed by atoms with E-state index < -0.39 is 0 Å². The molecule has 1 aromatic carbocycles. The Labute approximate surface area is 147 Å². The summed E-state index contributed by atoms with van der Waals surface area (Å²) in [5.41, 5.74) is 4.45. The minimum atomic E-state index is 0.179. The molecule has 0 saturated carbocycles. The maximum absolute atomic E-state index is 11.5. The number of quaternary nitrogens is 1. The molecule has 0 aliphatic carbocycles. The van der Waals surface area contributed by atoms with E-state index in [0.29, 0.717) is 0 Å². The highest BCUT2D eigenvalue weighted by Crippen LogP contribution is 2.23. The standard InChI is InChI=1S/C20H22N4O/c1-16(25)23-13-11-22(12-14-23)15-18-20(17-7-3-2-4-8-17)21-19-9-5-6-10-24(18)19/h2-10H,11-15H2,1H3/p+1. The van der Waals surface area contributed by atoms with E-state index >= 15 is 0 Å². The second-order valence-corrected chi connectivity index (χ2v) is 6.63. The van der Waals surface area contributed by atoms with Crippen LogP contribution < -0.4 is 4.90 Å². The van der Waals surface area contributed by atoms with Crippen molar-refractivity contribution < 1.29 is 9.69 Å². The first-order valence-electron chi connectivity index (χ1n) is 8.83. The van der Waals surface area contributed by atoms with Crippen LogP contribution in [0.3, 0.4) is 0 Å². The molecule has 0 bridgehead atoms. The molecule has 2 aromatic heterocycles. The van der Waals surface area contributed by atoms with Crippen molar-refractivity contribution in [1.29, 1.82) is 0 Å². The number of benzene rings is 1. The summed E-state index contributed by atoms with van der Waals surface area (Å²) in [7, 11) is 0. The topological polar surface area (TPSA) is 42.0 Å². The van der Waals surface area contributed by atoms with Crippen molar-refractivity contribution in [3.8, 4) is 11.3 Å². The van der Waals surface area contributed by atoms with Crippen LogP contribution in [0.15, 0.2) is 54.7 Å². The fourth-order valence-electron chi connectivity index (χ4n) is 3.59. The molecular formula is C20H23N4O+. The largest absolute Gasteiger partial charge is 0.332 e. The average Bonchev–Trinajstić information content (AvgIpc) is 3.02. The molecule has 4 rings (SSSR count). The van der Waals surface area contributed by atoms with E-state index in [9.17, 15) is 4.79 Å². The number of amides is 1. The monoisotopic (exact) mass is 335 g/mol. The molecular weight excluding hydrogens is 312 g/mol. The number of pyridine rings is 1. The van der Waals surface area contributed by atoms with E-state index in [-0.39, 0.29) is 5.91 Å². The summed E-state index contributed by atoms with van der Waals surface area (Å²) < 4.78 is 2.20. The van der Waals surface area contributed by atoms with Crippen molar-refractivity contribution in [2.75, 3.05) is 26.2 Å². The summed E-state index contributed by atoms with van der Waals surface area (Å²) in [6, 6.07) is 16.5. The average molecular weight is 335 g/mol. The van der Waals surface area contributed by atoms with Gasteiger partial charge in [-0.1, -0.05) is 36.4 Å². The summed E-state index contributed by atoms with van der Waals surface area (Å²) in [5, 5.41) is 0. The maximum atomic E-state index is 11.5. The first kappa shape index (κ1) is 15.8. The van der Waals surface area contributed by atoms with Gasteiger partial charge in [-0.05, 0) is 12.1 Å². The van der Waals surface area contributed by atoms with Gasteiger partial charge in [0, 0.05) is 18.7 Å². The van der Waals surface area contributed by atoms with E-state index in [4.69, 9.17) is 4.98 Å². The molecule has 3 heterocycles. The lowest BCUT2D eigenvalue weighted by molar-refractivity contribution is -0.917. The molecule has 0 unspecified atom stereocenters. The van der Waals surface area contributed by atoms with E-state index in [2.05, 4.69) is 47.0 Å². The quantitative estimate of drug-likeness (QED) is 0.783. The fraction of sp³-hybridized carbons (Fsp3) is 0.300. The van der Waals surface area contributed by atoms with E-state index in [1.165, 1.54) is 10.6 Å². The number of carbonyl (C=O) groups excluding carboxylic acids is 1. The lowest BCUT2D eigenvalue weighted by atomic mass is 10.1. The molecule has 1 amide bonds. The number of carbonyl (C=O) groups is 1. The Kier molecular flexibility index (Phi) is 4.24. The second kappa shape index (κ2) is 6.69. The second-order valence-electron chi connectivity index (χ2n) is 6.63. The van der Waals surface area contributed by atoms with Gasteiger partial charge >= 0.3 is 0 Å². The summed E-state index contributed by atoms with van der Waals surface area (Å²) in [6.45, 7) is 6.20. The van der Waals surface area contributed by atoms with Crippen LogP contribution in [0.4, 0.5) is 0 Å². The number of nitrogens with zero attached hydrogens (tertiary/aromatic N) is 3. The van der Waals surface area contributed by atoms with Crippen molar-refractivity contribution in [1.82, 2.24) is 14.3 Å². The molecule has 0 spiro atoms. The van der Waals surface area contributed by atoms with Gasteiger partial charge in [0.1, 0.15) is 17.9 Å².